The predicted octanol–water partition coefficient (Wildman–Crippen LogP) is 5.39. The van der Waals surface area contributed by atoms with Crippen molar-refractivity contribution in [2.75, 3.05) is 0 Å². The number of nitrogens with zero attached hydrogens (tertiary/aromatic N) is 1. The molecule has 1 nitrogen and oxygen atoms in total. The summed E-state index contributed by atoms with van der Waals surface area (Å²) in [5.41, 5.74) is 0. The van der Waals surface area contributed by atoms with Gasteiger partial charge < -0.3 is 12.4 Å². The molecule has 0 bridgehead atoms. The van der Waals surface area contributed by atoms with Crippen molar-refractivity contribution in [1.82, 2.24) is 0 Å². The topological polar surface area (TPSA) is 3.88 Å². The van der Waals surface area contributed by atoms with Crippen LogP contribution in [-0.4, -0.2) is 0 Å². The molecule has 0 spiro atoms. The van der Waals surface area contributed by atoms with Crippen molar-refractivity contribution in [3.8, 4) is 0 Å². The summed E-state index contributed by atoms with van der Waals surface area (Å²) in [4.78, 5) is 0. The largest absolute Gasteiger partial charge is 1.00 e. The molecule has 29 heavy (non-hydrogen) atoms. The van der Waals surface area contributed by atoms with Crippen LogP contribution in [0.15, 0.2) is 42.7 Å². The van der Waals surface area contributed by atoms with Crippen molar-refractivity contribution in [2.24, 2.45) is 0 Å². The van der Waals surface area contributed by atoms with Crippen LogP contribution in [-0.2, 0) is 6.54 Å². The summed E-state index contributed by atoms with van der Waals surface area (Å²) in [5, 5.41) is 2.69. The van der Waals surface area contributed by atoms with E-state index >= 15 is 0 Å². The highest BCUT2D eigenvalue weighted by Crippen LogP contribution is 2.14. The molecule has 1 aromatic heterocycles. The van der Waals surface area contributed by atoms with E-state index < -0.39 is 0 Å². The first kappa shape index (κ1) is 26.0. The predicted molar refractivity (Wildman–Crippen MR) is 124 cm³/mol. The standard InChI is InChI=1S/C27H44N.ClH/c1-2-3-4-5-6-7-8-9-10-11-12-13-14-15-16-19-23-28-24-22-26-20-17-18-21-27(26)25-28;/h17-18,20-22,24-25H,2-16,19,23H2,1H3;1H/q+1;/p-1. The van der Waals surface area contributed by atoms with E-state index in [0.29, 0.717) is 0 Å². The number of unbranched alkanes of at least 4 members (excludes halogenated alkanes) is 15. The summed E-state index contributed by atoms with van der Waals surface area (Å²) in [6.07, 6.45) is 27.5. The average Bonchev–Trinajstić information content (AvgIpc) is 2.73. The molecule has 0 amide bonds. The van der Waals surface area contributed by atoms with Gasteiger partial charge in [-0.1, -0.05) is 115 Å². The normalized spacial score (nSPS) is 10.9. The molecule has 164 valence electrons. The fraction of sp³-hybridized carbons (Fsp3) is 0.667. The van der Waals surface area contributed by atoms with Crippen LogP contribution in [0.25, 0.3) is 10.8 Å². The maximum absolute atomic E-state index is 2.35. The second-order valence-corrected chi connectivity index (χ2v) is 8.61. The highest BCUT2D eigenvalue weighted by Gasteiger charge is 2.02. The molecule has 1 aromatic carbocycles. The van der Waals surface area contributed by atoms with E-state index in [1.165, 1.54) is 114 Å². The second kappa shape index (κ2) is 17.8. The summed E-state index contributed by atoms with van der Waals surface area (Å²) in [5.74, 6) is 0. The quantitative estimate of drug-likeness (QED) is 0.240. The van der Waals surface area contributed by atoms with Gasteiger partial charge in [0.05, 0.1) is 0 Å². The summed E-state index contributed by atoms with van der Waals surface area (Å²) < 4.78 is 2.35. The van der Waals surface area contributed by atoms with Gasteiger partial charge in [0.15, 0.2) is 12.4 Å². The lowest BCUT2D eigenvalue weighted by atomic mass is 10.0. The second-order valence-electron chi connectivity index (χ2n) is 8.61. The Morgan fingerprint density at radius 2 is 1.00 bits per heavy atom. The number of fused-ring (bicyclic) bond motifs is 1. The maximum atomic E-state index is 2.35. The number of benzene rings is 1. The summed E-state index contributed by atoms with van der Waals surface area (Å²) in [6.45, 7) is 3.45. The van der Waals surface area contributed by atoms with Crippen LogP contribution in [0, 0.1) is 0 Å². The van der Waals surface area contributed by atoms with Gasteiger partial charge in [0.25, 0.3) is 0 Å². The molecule has 2 heteroatoms. The molecule has 0 aliphatic heterocycles. The molecule has 1 heterocycles. The first-order valence-electron chi connectivity index (χ1n) is 12.3. The number of hydrogen-bond acceptors (Lipinski definition) is 0. The molecule has 0 aliphatic rings. The smallest absolute Gasteiger partial charge is 0.176 e. The number of hydrogen-bond donors (Lipinski definition) is 0. The van der Waals surface area contributed by atoms with Crippen LogP contribution in [0.1, 0.15) is 110 Å². The van der Waals surface area contributed by atoms with E-state index in [9.17, 15) is 0 Å². The Kier molecular flexibility index (Phi) is 15.9. The molecule has 0 fully saturated rings. The van der Waals surface area contributed by atoms with Crippen molar-refractivity contribution >= 4 is 10.8 Å². The van der Waals surface area contributed by atoms with E-state index in [-0.39, 0.29) is 12.4 Å². The third kappa shape index (κ3) is 12.3. The van der Waals surface area contributed by atoms with Crippen LogP contribution < -0.4 is 17.0 Å². The zero-order chi connectivity index (χ0) is 19.7. The third-order valence-corrected chi connectivity index (χ3v) is 6.02. The number of rotatable bonds is 17. The summed E-state index contributed by atoms with van der Waals surface area (Å²) >= 11 is 0. The molecule has 0 radical (unpaired) electrons. The Labute approximate surface area is 186 Å². The van der Waals surface area contributed by atoms with Crippen molar-refractivity contribution in [2.45, 2.75) is 116 Å². The van der Waals surface area contributed by atoms with Gasteiger partial charge in [0.1, 0.15) is 6.54 Å². The fourth-order valence-electron chi connectivity index (χ4n) is 4.16. The molecule has 2 rings (SSSR count). The van der Waals surface area contributed by atoms with E-state index in [4.69, 9.17) is 0 Å². The van der Waals surface area contributed by atoms with Crippen LogP contribution in [0.4, 0.5) is 0 Å². The third-order valence-electron chi connectivity index (χ3n) is 6.02. The lowest BCUT2D eigenvalue weighted by molar-refractivity contribution is -0.696. The summed E-state index contributed by atoms with van der Waals surface area (Å²) in [7, 11) is 0. The molecule has 0 aliphatic carbocycles. The number of aryl methyl sites for hydroxylation is 1. The van der Waals surface area contributed by atoms with Crippen LogP contribution >= 0.6 is 0 Å². The number of aromatic nitrogens is 1. The van der Waals surface area contributed by atoms with Crippen molar-refractivity contribution in [3.05, 3.63) is 42.7 Å². The lowest BCUT2D eigenvalue weighted by Crippen LogP contribution is -3.00. The van der Waals surface area contributed by atoms with Crippen molar-refractivity contribution in [3.63, 3.8) is 0 Å². The molecular weight excluding hydrogens is 374 g/mol. The van der Waals surface area contributed by atoms with Gasteiger partial charge in [-0.15, -0.1) is 0 Å². The molecule has 0 unspecified atom stereocenters. The minimum atomic E-state index is 0. The van der Waals surface area contributed by atoms with Crippen LogP contribution in [0.3, 0.4) is 0 Å². The van der Waals surface area contributed by atoms with E-state index in [2.05, 4.69) is 54.2 Å². The van der Waals surface area contributed by atoms with E-state index in [0.717, 1.165) is 6.54 Å². The molecule has 0 saturated heterocycles. The lowest BCUT2D eigenvalue weighted by Gasteiger charge is -2.03. The first-order valence-corrected chi connectivity index (χ1v) is 12.3. The van der Waals surface area contributed by atoms with Crippen molar-refractivity contribution < 1.29 is 17.0 Å². The van der Waals surface area contributed by atoms with Gasteiger partial charge in [0.2, 0.25) is 0 Å². The Bertz CT molecular complexity index is 625. The van der Waals surface area contributed by atoms with E-state index in [1.807, 2.05) is 0 Å². The Balaban J connectivity index is 0.00000420. The Morgan fingerprint density at radius 1 is 0.552 bits per heavy atom. The molecule has 2 aromatic rings. The number of halogens is 1. The molecule has 0 atom stereocenters. The minimum absolute atomic E-state index is 0. The zero-order valence-corrected chi connectivity index (χ0v) is 19.6. The Hall–Kier alpha value is -1.08. The van der Waals surface area contributed by atoms with E-state index in [1.54, 1.807) is 0 Å². The molecule has 0 saturated carbocycles. The molecule has 0 N–H and O–H groups in total. The fourth-order valence-corrected chi connectivity index (χ4v) is 4.16. The Morgan fingerprint density at radius 3 is 1.52 bits per heavy atom. The van der Waals surface area contributed by atoms with Gasteiger partial charge in [-0.3, -0.25) is 0 Å². The minimum Gasteiger partial charge on any atom is -1.00 e. The van der Waals surface area contributed by atoms with Gasteiger partial charge in [-0.2, -0.15) is 0 Å². The van der Waals surface area contributed by atoms with Gasteiger partial charge >= 0.3 is 0 Å². The SMILES string of the molecule is CCCCCCCCCCCCCCCCCC[n+]1ccc2ccccc2c1.[Cl-]. The van der Waals surface area contributed by atoms with Gasteiger partial charge in [-0.05, 0) is 17.9 Å². The van der Waals surface area contributed by atoms with Crippen LogP contribution in [0.2, 0.25) is 0 Å². The first-order chi connectivity index (χ1) is 13.9. The van der Waals surface area contributed by atoms with Gasteiger partial charge in [-0.25, -0.2) is 4.57 Å². The maximum Gasteiger partial charge on any atom is 0.176 e. The highest BCUT2D eigenvalue weighted by atomic mass is 35.5. The van der Waals surface area contributed by atoms with Crippen LogP contribution in [0.5, 0.6) is 0 Å². The average molecular weight is 418 g/mol. The summed E-state index contributed by atoms with van der Waals surface area (Å²) in [6, 6.07) is 10.9. The molecular formula is C27H44ClN. The van der Waals surface area contributed by atoms with Gasteiger partial charge in [0, 0.05) is 17.9 Å². The monoisotopic (exact) mass is 417 g/mol. The number of pyridine rings is 1. The highest BCUT2D eigenvalue weighted by molar-refractivity contribution is 5.80. The van der Waals surface area contributed by atoms with Crippen molar-refractivity contribution in [1.29, 1.82) is 0 Å². The zero-order valence-electron chi connectivity index (χ0n) is 18.9.